The summed E-state index contributed by atoms with van der Waals surface area (Å²) in [6, 6.07) is 30.7. The number of hydrogen-bond acceptors (Lipinski definition) is 12. The van der Waals surface area contributed by atoms with Gasteiger partial charge in [0, 0.05) is 25.2 Å². The highest BCUT2D eigenvalue weighted by Gasteiger charge is 2.32. The number of carbonyl (C=O) groups is 6. The van der Waals surface area contributed by atoms with Gasteiger partial charge in [-0.1, -0.05) is 115 Å². The van der Waals surface area contributed by atoms with Crippen molar-refractivity contribution < 1.29 is 52.8 Å². The van der Waals surface area contributed by atoms with Gasteiger partial charge < -0.3 is 40.0 Å². The van der Waals surface area contributed by atoms with E-state index < -0.39 is 48.3 Å². The zero-order valence-electron chi connectivity index (χ0n) is 35.5. The lowest BCUT2D eigenvalue weighted by molar-refractivity contribution is -0.150. The number of alkyl carbamates (subject to hydrolysis) is 4. The van der Waals surface area contributed by atoms with Gasteiger partial charge in [-0.25, -0.2) is 24.0 Å². The summed E-state index contributed by atoms with van der Waals surface area (Å²) < 4.78 is 21.0. The van der Waals surface area contributed by atoms with E-state index in [1.165, 1.54) is 7.05 Å². The fourth-order valence-corrected chi connectivity index (χ4v) is 5.87. The van der Waals surface area contributed by atoms with Crippen molar-refractivity contribution in [1.29, 1.82) is 0 Å². The summed E-state index contributed by atoms with van der Waals surface area (Å²) in [5.41, 5.74) is 8.63. The number of aliphatic imine (C=N–C) groups is 2. The van der Waals surface area contributed by atoms with Crippen molar-refractivity contribution in [3.05, 3.63) is 143 Å². The molecule has 65 heavy (non-hydrogen) atoms. The normalized spacial score (nSPS) is 11.7. The van der Waals surface area contributed by atoms with E-state index in [9.17, 15) is 33.9 Å². The topological polar surface area (TPSA) is 262 Å². The van der Waals surface area contributed by atoms with Crippen LogP contribution in [0.1, 0.15) is 47.9 Å². The number of carboxylic acid groups (broad SMARTS) is 1. The van der Waals surface area contributed by atoms with Crippen molar-refractivity contribution >= 4 is 59.8 Å². The van der Waals surface area contributed by atoms with Crippen LogP contribution in [0.2, 0.25) is 5.02 Å². The van der Waals surface area contributed by atoms with Crippen molar-refractivity contribution in [2.24, 2.45) is 15.7 Å². The number of carboxylic acids is 1. The first-order chi connectivity index (χ1) is 31.4. The minimum absolute atomic E-state index is 0.00932. The Morgan fingerprint density at radius 3 is 1.49 bits per heavy atom. The molecule has 0 unspecified atom stereocenters. The third-order valence-electron chi connectivity index (χ3n) is 9.12. The lowest BCUT2D eigenvalue weighted by Gasteiger charge is -2.29. The van der Waals surface area contributed by atoms with Gasteiger partial charge in [-0.3, -0.25) is 30.7 Å². The van der Waals surface area contributed by atoms with Crippen molar-refractivity contribution in [2.45, 2.75) is 64.2 Å². The molecule has 0 aromatic heterocycles. The van der Waals surface area contributed by atoms with Crippen LogP contribution in [0.5, 0.6) is 0 Å². The zero-order chi connectivity index (χ0) is 46.8. The number of aliphatic carboxylic acids is 1. The van der Waals surface area contributed by atoms with E-state index in [4.69, 9.17) is 36.3 Å². The van der Waals surface area contributed by atoms with Crippen LogP contribution in [-0.4, -0.2) is 90.4 Å². The maximum Gasteiger partial charge on any atom is 0.414 e. The van der Waals surface area contributed by atoms with E-state index in [1.807, 2.05) is 12.1 Å². The van der Waals surface area contributed by atoms with E-state index in [2.05, 4.69) is 31.3 Å². The second-order valence-electron chi connectivity index (χ2n) is 14.0. The Morgan fingerprint density at radius 1 is 0.600 bits per heavy atom. The number of benzene rings is 4. The molecule has 0 saturated carbocycles. The largest absolute Gasteiger partial charge is 0.480 e. The minimum atomic E-state index is -1.36. The van der Waals surface area contributed by atoms with Gasteiger partial charge in [-0.05, 0) is 60.1 Å². The quantitative estimate of drug-likeness (QED) is 0.0264. The first-order valence-electron chi connectivity index (χ1n) is 20.3. The number of nitrogens with one attached hydrogen (secondary N) is 4. The van der Waals surface area contributed by atoms with Crippen LogP contribution >= 0.6 is 11.6 Å². The molecule has 4 aromatic rings. The van der Waals surface area contributed by atoms with Crippen LogP contribution in [0, 0.1) is 0 Å². The SMILES string of the molecule is CN(C(=O)[C@H](CCCN=C(NC(=O)OCc1ccccc1)NC(=O)OCc1ccccc1)NC(=O)OCc1ccccc1)[C@@H](CCCN=C(N)NC(=O)OCc1ccc(Cl)cc1)C(=O)O. The Balaban J connectivity index is 1.38. The molecule has 0 heterocycles. The molecule has 4 aromatic carbocycles. The van der Waals surface area contributed by atoms with Crippen molar-refractivity contribution in [3.63, 3.8) is 0 Å². The minimum Gasteiger partial charge on any atom is -0.480 e. The molecule has 0 fully saturated rings. The zero-order valence-corrected chi connectivity index (χ0v) is 36.3. The van der Waals surface area contributed by atoms with Crippen LogP contribution in [0.25, 0.3) is 0 Å². The van der Waals surface area contributed by atoms with Gasteiger partial charge in [0.2, 0.25) is 11.9 Å². The predicted molar refractivity (Wildman–Crippen MR) is 239 cm³/mol. The number of halogens is 1. The second-order valence-corrected chi connectivity index (χ2v) is 14.5. The Hall–Kier alpha value is -7.67. The smallest absolute Gasteiger partial charge is 0.414 e. The van der Waals surface area contributed by atoms with Crippen LogP contribution in [-0.2, 0) is 55.0 Å². The molecule has 2 atom stereocenters. The van der Waals surface area contributed by atoms with Crippen molar-refractivity contribution in [2.75, 3.05) is 20.1 Å². The van der Waals surface area contributed by atoms with Gasteiger partial charge in [-0.2, -0.15) is 0 Å². The maximum atomic E-state index is 13.9. The standard InChI is InChI=1S/C45H51ClN8O11/c1-54(37(39(56)57)20-12-25-48-40(47)51-43(59)63-30-34-21-23-35(46)24-22-34)38(55)36(50-42(58)62-27-31-13-5-2-6-14-31)19-11-26-49-41(52-44(60)64-28-32-15-7-3-8-16-32)53-45(61)65-29-33-17-9-4-10-18-33/h2-10,13-18,21-24,36-37H,11-12,19-20,25-30H2,1H3,(H,50,58)(H,56,57)(H3,47,48,51,59)(H2,49,52,53,60,61)/t36-,37-/m0/s1. The molecular formula is C45H51ClN8O11. The number of likely N-dealkylation sites (N-methyl/N-ethyl adjacent to an activating group) is 1. The third kappa shape index (κ3) is 19.5. The Morgan fingerprint density at radius 2 is 1.02 bits per heavy atom. The Labute approximate surface area is 380 Å². The highest BCUT2D eigenvalue weighted by Crippen LogP contribution is 2.13. The number of nitrogens with two attached hydrogens (primary N) is 1. The number of ether oxygens (including phenoxy) is 4. The first kappa shape index (κ1) is 50.0. The Bertz CT molecular complexity index is 2160. The number of nitrogens with zero attached hydrogens (tertiary/aromatic N) is 3. The van der Waals surface area contributed by atoms with Gasteiger partial charge in [0.15, 0.2) is 5.96 Å². The van der Waals surface area contributed by atoms with Crippen LogP contribution in [0.15, 0.2) is 125 Å². The highest BCUT2D eigenvalue weighted by molar-refractivity contribution is 6.30. The monoisotopic (exact) mass is 914 g/mol. The van der Waals surface area contributed by atoms with Gasteiger partial charge in [0.05, 0.1) is 0 Å². The molecule has 0 saturated heterocycles. The molecule has 0 bridgehead atoms. The highest BCUT2D eigenvalue weighted by atomic mass is 35.5. The Kier molecular flexibility index (Phi) is 21.1. The molecule has 0 aliphatic rings. The number of guanidine groups is 2. The molecule has 0 spiro atoms. The van der Waals surface area contributed by atoms with Crippen LogP contribution in [0.4, 0.5) is 19.2 Å². The summed E-state index contributed by atoms with van der Waals surface area (Å²) in [4.78, 5) is 86.3. The van der Waals surface area contributed by atoms with Crippen molar-refractivity contribution in [3.8, 4) is 0 Å². The fourth-order valence-electron chi connectivity index (χ4n) is 5.75. The van der Waals surface area contributed by atoms with E-state index in [0.29, 0.717) is 27.3 Å². The number of rotatable bonds is 20. The maximum absolute atomic E-state index is 13.9. The van der Waals surface area contributed by atoms with E-state index in [0.717, 1.165) is 4.90 Å². The summed E-state index contributed by atoms with van der Waals surface area (Å²) in [6.07, 6.45) is -3.59. The summed E-state index contributed by atoms with van der Waals surface area (Å²) in [5, 5.41) is 20.3. The molecule has 7 N–H and O–H groups in total. The van der Waals surface area contributed by atoms with Gasteiger partial charge >= 0.3 is 30.3 Å². The molecule has 20 heteroatoms. The predicted octanol–water partition coefficient (Wildman–Crippen LogP) is 5.86. The second kappa shape index (κ2) is 27.4. The summed E-state index contributed by atoms with van der Waals surface area (Å²) >= 11 is 5.87. The number of amides is 5. The lowest BCUT2D eigenvalue weighted by atomic mass is 10.1. The molecule has 4 rings (SSSR count). The number of carbonyl (C=O) groups excluding carboxylic acids is 5. The van der Waals surface area contributed by atoms with Gasteiger partial charge in [0.1, 0.15) is 38.5 Å². The molecule has 0 aliphatic heterocycles. The van der Waals surface area contributed by atoms with Crippen molar-refractivity contribution in [1.82, 2.24) is 26.2 Å². The summed E-state index contributed by atoms with van der Waals surface area (Å²) in [6.45, 7) is -0.402. The van der Waals surface area contributed by atoms with E-state index in [1.54, 1.807) is 103 Å². The molecule has 344 valence electrons. The third-order valence-corrected chi connectivity index (χ3v) is 9.37. The first-order valence-corrected chi connectivity index (χ1v) is 20.7. The number of hydrogen-bond donors (Lipinski definition) is 6. The average Bonchev–Trinajstić information content (AvgIpc) is 3.30. The molecule has 5 amide bonds. The summed E-state index contributed by atoms with van der Waals surface area (Å²) in [7, 11) is 1.28. The average molecular weight is 915 g/mol. The fraction of sp³-hybridized carbons (Fsp3) is 0.289. The lowest BCUT2D eigenvalue weighted by Crippen LogP contribution is -2.52. The summed E-state index contributed by atoms with van der Waals surface area (Å²) in [5.74, 6) is -2.64. The van der Waals surface area contributed by atoms with Gasteiger partial charge in [0.25, 0.3) is 0 Å². The molecule has 19 nitrogen and oxygen atoms in total. The van der Waals surface area contributed by atoms with E-state index >= 15 is 0 Å². The van der Waals surface area contributed by atoms with Crippen LogP contribution < -0.4 is 27.0 Å². The molecular weight excluding hydrogens is 864 g/mol. The van der Waals surface area contributed by atoms with E-state index in [-0.39, 0.29) is 77.1 Å². The van der Waals surface area contributed by atoms with Crippen LogP contribution in [0.3, 0.4) is 0 Å². The molecule has 0 radical (unpaired) electrons. The van der Waals surface area contributed by atoms with Gasteiger partial charge in [-0.15, -0.1) is 0 Å². The molecule has 0 aliphatic carbocycles.